The molecule has 0 aliphatic rings. The molecule has 0 saturated heterocycles. The summed E-state index contributed by atoms with van der Waals surface area (Å²) in [7, 11) is -4.05. The SMILES string of the molecule is CCOc1ccc(NC(=O)CSc2ncc(S(=O)(=O)c3ccc(Cl)cc3)c(=O)[nH]2)cc1. The van der Waals surface area contributed by atoms with Crippen LogP contribution in [0.5, 0.6) is 5.75 Å². The maximum absolute atomic E-state index is 12.6. The van der Waals surface area contributed by atoms with E-state index in [2.05, 4.69) is 15.3 Å². The average molecular weight is 480 g/mol. The van der Waals surface area contributed by atoms with Gasteiger partial charge in [-0.25, -0.2) is 13.4 Å². The van der Waals surface area contributed by atoms with E-state index in [1.165, 1.54) is 24.3 Å². The van der Waals surface area contributed by atoms with Gasteiger partial charge in [0.25, 0.3) is 5.56 Å². The van der Waals surface area contributed by atoms with Crippen LogP contribution in [0.15, 0.2) is 74.5 Å². The fourth-order valence-electron chi connectivity index (χ4n) is 2.50. The van der Waals surface area contributed by atoms with Gasteiger partial charge in [-0.05, 0) is 55.5 Å². The predicted molar refractivity (Wildman–Crippen MR) is 119 cm³/mol. The first-order chi connectivity index (χ1) is 14.8. The van der Waals surface area contributed by atoms with Gasteiger partial charge in [-0.3, -0.25) is 9.59 Å². The molecule has 8 nitrogen and oxygen atoms in total. The first-order valence-electron chi connectivity index (χ1n) is 9.05. The van der Waals surface area contributed by atoms with Gasteiger partial charge in [0.15, 0.2) is 10.1 Å². The Kier molecular flexibility index (Phi) is 7.37. The zero-order chi connectivity index (χ0) is 22.4. The molecule has 2 N–H and O–H groups in total. The van der Waals surface area contributed by atoms with Crippen LogP contribution in [-0.2, 0) is 14.6 Å². The van der Waals surface area contributed by atoms with Crippen molar-refractivity contribution in [3.63, 3.8) is 0 Å². The first-order valence-corrected chi connectivity index (χ1v) is 11.9. The fourth-order valence-corrected chi connectivity index (χ4v) is 4.50. The Hall–Kier alpha value is -2.82. The second-order valence-electron chi connectivity index (χ2n) is 6.13. The van der Waals surface area contributed by atoms with Gasteiger partial charge < -0.3 is 15.0 Å². The molecule has 0 bridgehead atoms. The van der Waals surface area contributed by atoms with E-state index >= 15 is 0 Å². The molecule has 2 aromatic carbocycles. The molecule has 0 radical (unpaired) electrons. The highest BCUT2D eigenvalue weighted by molar-refractivity contribution is 7.99. The van der Waals surface area contributed by atoms with E-state index in [1.54, 1.807) is 24.3 Å². The number of halogens is 1. The number of aromatic nitrogens is 2. The number of nitrogens with zero attached hydrogens (tertiary/aromatic N) is 1. The van der Waals surface area contributed by atoms with Crippen molar-refractivity contribution in [2.75, 3.05) is 17.7 Å². The smallest absolute Gasteiger partial charge is 0.270 e. The molecule has 31 heavy (non-hydrogen) atoms. The number of ether oxygens (including phenoxy) is 1. The van der Waals surface area contributed by atoms with Gasteiger partial charge in [-0.15, -0.1) is 0 Å². The second-order valence-corrected chi connectivity index (χ2v) is 9.45. The summed E-state index contributed by atoms with van der Waals surface area (Å²) in [5.74, 6) is 0.361. The number of sulfone groups is 1. The normalized spacial score (nSPS) is 11.2. The van der Waals surface area contributed by atoms with E-state index in [-0.39, 0.29) is 21.7 Å². The Balaban J connectivity index is 1.64. The minimum absolute atomic E-state index is 0.0283. The molecule has 1 heterocycles. The van der Waals surface area contributed by atoms with Crippen LogP contribution < -0.4 is 15.6 Å². The van der Waals surface area contributed by atoms with Crippen molar-refractivity contribution in [3.8, 4) is 5.75 Å². The van der Waals surface area contributed by atoms with Crippen molar-refractivity contribution in [2.24, 2.45) is 0 Å². The van der Waals surface area contributed by atoms with Crippen molar-refractivity contribution >= 4 is 44.8 Å². The van der Waals surface area contributed by atoms with Crippen molar-refractivity contribution in [3.05, 3.63) is 70.1 Å². The fraction of sp³-hybridized carbons (Fsp3) is 0.150. The number of aromatic amines is 1. The summed E-state index contributed by atoms with van der Waals surface area (Å²) >= 11 is 6.75. The van der Waals surface area contributed by atoms with Crippen LogP contribution in [0.2, 0.25) is 5.02 Å². The Bertz CT molecular complexity index is 1230. The highest BCUT2D eigenvalue weighted by Crippen LogP contribution is 2.21. The number of anilines is 1. The van der Waals surface area contributed by atoms with E-state index in [4.69, 9.17) is 16.3 Å². The van der Waals surface area contributed by atoms with Gasteiger partial charge in [-0.1, -0.05) is 23.4 Å². The molecule has 3 rings (SSSR count). The zero-order valence-electron chi connectivity index (χ0n) is 16.3. The first kappa shape index (κ1) is 22.9. The van der Waals surface area contributed by atoms with Crippen molar-refractivity contribution < 1.29 is 17.9 Å². The molecule has 0 atom stereocenters. The molecule has 1 amide bonds. The summed E-state index contributed by atoms with van der Waals surface area (Å²) in [4.78, 5) is 30.3. The summed E-state index contributed by atoms with van der Waals surface area (Å²) < 4.78 is 30.6. The standard InChI is InChI=1S/C20H18ClN3O5S2/c1-2-29-15-7-5-14(6-8-15)23-18(25)12-30-20-22-11-17(19(26)24-20)31(27,28)16-9-3-13(21)4-10-16/h3-11H,2,12H2,1H3,(H,23,25)(H,22,24,26). The number of hydrogen-bond donors (Lipinski definition) is 2. The van der Waals surface area contributed by atoms with E-state index < -0.39 is 20.3 Å². The van der Waals surface area contributed by atoms with Crippen molar-refractivity contribution in [1.29, 1.82) is 0 Å². The minimum Gasteiger partial charge on any atom is -0.494 e. The molecule has 1 aromatic heterocycles. The lowest BCUT2D eigenvalue weighted by molar-refractivity contribution is -0.113. The van der Waals surface area contributed by atoms with E-state index in [0.717, 1.165) is 18.0 Å². The summed E-state index contributed by atoms with van der Waals surface area (Å²) in [5, 5.41) is 3.22. The molecule has 0 unspecified atom stereocenters. The van der Waals surface area contributed by atoms with Gasteiger partial charge in [0.05, 0.1) is 23.5 Å². The highest BCUT2D eigenvalue weighted by atomic mass is 35.5. The molecule has 3 aromatic rings. The van der Waals surface area contributed by atoms with Crippen molar-refractivity contribution in [1.82, 2.24) is 9.97 Å². The Morgan fingerprint density at radius 3 is 2.45 bits per heavy atom. The molecule has 0 aliphatic carbocycles. The van der Waals surface area contributed by atoms with Crippen LogP contribution >= 0.6 is 23.4 Å². The topological polar surface area (TPSA) is 118 Å². The molecule has 11 heteroatoms. The van der Waals surface area contributed by atoms with Gasteiger partial charge in [0.1, 0.15) is 5.75 Å². The van der Waals surface area contributed by atoms with Crippen LogP contribution in [0.1, 0.15) is 6.92 Å². The summed E-state index contributed by atoms with van der Waals surface area (Å²) in [6.07, 6.45) is 0.982. The molecule has 0 fully saturated rings. The summed E-state index contributed by atoms with van der Waals surface area (Å²) in [5.41, 5.74) is -0.223. The molecule has 0 saturated carbocycles. The van der Waals surface area contributed by atoms with Gasteiger partial charge in [0, 0.05) is 10.7 Å². The van der Waals surface area contributed by atoms with E-state index in [1.807, 2.05) is 6.92 Å². The largest absolute Gasteiger partial charge is 0.494 e. The number of amides is 1. The monoisotopic (exact) mass is 479 g/mol. The quantitative estimate of drug-likeness (QED) is 0.375. The number of H-pyrrole nitrogens is 1. The maximum atomic E-state index is 12.6. The lowest BCUT2D eigenvalue weighted by atomic mass is 10.3. The Labute approximate surface area is 187 Å². The van der Waals surface area contributed by atoms with E-state index in [9.17, 15) is 18.0 Å². The van der Waals surface area contributed by atoms with Crippen LogP contribution in [0.25, 0.3) is 0 Å². The molecule has 0 aliphatic heterocycles. The Morgan fingerprint density at radius 2 is 1.84 bits per heavy atom. The second kappa shape index (κ2) is 9.99. The minimum atomic E-state index is -4.05. The molecule has 162 valence electrons. The number of rotatable bonds is 8. The number of carbonyl (C=O) groups excluding carboxylic acids is 1. The summed E-state index contributed by atoms with van der Waals surface area (Å²) in [6.45, 7) is 2.43. The summed E-state index contributed by atoms with van der Waals surface area (Å²) in [6, 6.07) is 12.4. The lowest BCUT2D eigenvalue weighted by Crippen LogP contribution is -2.20. The zero-order valence-corrected chi connectivity index (χ0v) is 18.7. The maximum Gasteiger partial charge on any atom is 0.270 e. The average Bonchev–Trinajstić information content (AvgIpc) is 2.74. The van der Waals surface area contributed by atoms with E-state index in [0.29, 0.717) is 23.1 Å². The Morgan fingerprint density at radius 1 is 1.16 bits per heavy atom. The van der Waals surface area contributed by atoms with Crippen LogP contribution in [0.4, 0.5) is 5.69 Å². The highest BCUT2D eigenvalue weighted by Gasteiger charge is 2.22. The van der Waals surface area contributed by atoms with Crippen LogP contribution in [0.3, 0.4) is 0 Å². The number of nitrogens with one attached hydrogen (secondary N) is 2. The number of benzene rings is 2. The number of carbonyl (C=O) groups is 1. The van der Waals surface area contributed by atoms with Gasteiger partial charge in [-0.2, -0.15) is 0 Å². The number of thioether (sulfide) groups is 1. The third-order valence-electron chi connectivity index (χ3n) is 3.95. The van der Waals surface area contributed by atoms with Crippen LogP contribution in [-0.4, -0.2) is 36.7 Å². The molecular weight excluding hydrogens is 462 g/mol. The van der Waals surface area contributed by atoms with Crippen LogP contribution in [0, 0.1) is 0 Å². The van der Waals surface area contributed by atoms with Crippen molar-refractivity contribution in [2.45, 2.75) is 21.9 Å². The molecular formula is C20H18ClN3O5S2. The third-order valence-corrected chi connectivity index (χ3v) is 6.85. The molecule has 0 spiro atoms. The predicted octanol–water partition coefficient (Wildman–Crippen LogP) is 3.39. The number of hydrogen-bond acceptors (Lipinski definition) is 7. The third kappa shape index (κ3) is 5.87. The van der Waals surface area contributed by atoms with Gasteiger partial charge in [0.2, 0.25) is 15.7 Å². The lowest BCUT2D eigenvalue weighted by Gasteiger charge is -2.07. The van der Waals surface area contributed by atoms with Gasteiger partial charge >= 0.3 is 0 Å².